The predicted octanol–water partition coefficient (Wildman–Crippen LogP) is 6.37. The van der Waals surface area contributed by atoms with E-state index < -0.39 is 0 Å². The maximum absolute atomic E-state index is 14.1. The number of hydrogen-bond acceptors (Lipinski definition) is 4. The average Bonchev–Trinajstić information content (AvgIpc) is 3.18. The van der Waals surface area contributed by atoms with Crippen molar-refractivity contribution in [2.24, 2.45) is 4.99 Å². The predicted molar refractivity (Wildman–Crippen MR) is 137 cm³/mol. The number of allylic oxidation sites excluding steroid dienone is 2. The third-order valence-electron chi connectivity index (χ3n) is 5.56. The lowest BCUT2D eigenvalue weighted by Crippen LogP contribution is -2.13. The van der Waals surface area contributed by atoms with Gasteiger partial charge in [-0.25, -0.2) is 4.39 Å². The highest BCUT2D eigenvalue weighted by Crippen LogP contribution is 2.27. The molecule has 178 valence electrons. The zero-order valence-electron chi connectivity index (χ0n) is 21.4. The summed E-state index contributed by atoms with van der Waals surface area (Å²) >= 11 is 0. The van der Waals surface area contributed by atoms with E-state index in [9.17, 15) is 4.39 Å². The fraction of sp³-hybridized carbons (Fsp3) is 0.444. The first-order chi connectivity index (χ1) is 15.8. The van der Waals surface area contributed by atoms with Crippen LogP contribution in [-0.4, -0.2) is 46.4 Å². The first-order valence-corrected chi connectivity index (χ1v) is 11.7. The van der Waals surface area contributed by atoms with Crippen molar-refractivity contribution >= 4 is 11.4 Å². The number of fused-ring (bicyclic) bond motifs is 1. The summed E-state index contributed by atoms with van der Waals surface area (Å²) in [6, 6.07) is 9.08. The maximum atomic E-state index is 14.1. The number of aryl methyl sites for hydroxylation is 1. The summed E-state index contributed by atoms with van der Waals surface area (Å²) in [4.78, 5) is 6.41. The van der Waals surface area contributed by atoms with Gasteiger partial charge < -0.3 is 4.90 Å². The van der Waals surface area contributed by atoms with E-state index in [1.807, 2.05) is 57.6 Å². The molecule has 6 heteroatoms. The molecule has 0 spiro atoms. The molecule has 0 fully saturated rings. The van der Waals surface area contributed by atoms with Gasteiger partial charge in [0.15, 0.2) is 11.5 Å². The number of pyridine rings is 1. The highest BCUT2D eigenvalue weighted by atomic mass is 19.1. The number of hydrogen-bond donors (Lipinski definition) is 0. The zero-order chi connectivity index (χ0) is 24.5. The lowest BCUT2D eigenvalue weighted by atomic mass is 9.94. The van der Waals surface area contributed by atoms with E-state index in [1.165, 1.54) is 17.2 Å². The molecule has 3 rings (SSSR count). The molecule has 33 heavy (non-hydrogen) atoms. The Bertz CT molecular complexity index is 1120. The molecule has 0 saturated heterocycles. The third kappa shape index (κ3) is 6.81. The quantitative estimate of drug-likeness (QED) is 0.374. The van der Waals surface area contributed by atoms with Gasteiger partial charge >= 0.3 is 0 Å². The summed E-state index contributed by atoms with van der Waals surface area (Å²) < 4.78 is 16.1. The second-order valence-corrected chi connectivity index (χ2v) is 8.44. The van der Waals surface area contributed by atoms with Gasteiger partial charge in [-0.3, -0.25) is 9.39 Å². The van der Waals surface area contributed by atoms with Crippen molar-refractivity contribution in [2.45, 2.75) is 60.4 Å². The summed E-state index contributed by atoms with van der Waals surface area (Å²) in [5.41, 5.74) is 7.57. The van der Waals surface area contributed by atoms with Crippen LogP contribution in [0.1, 0.15) is 58.8 Å². The van der Waals surface area contributed by atoms with E-state index in [-0.39, 0.29) is 5.82 Å². The van der Waals surface area contributed by atoms with Crippen molar-refractivity contribution in [2.75, 3.05) is 21.1 Å². The van der Waals surface area contributed by atoms with Crippen molar-refractivity contribution in [3.8, 4) is 11.1 Å². The Morgan fingerprint density at radius 2 is 1.79 bits per heavy atom. The minimum atomic E-state index is -0.203. The molecule has 5 nitrogen and oxygen atoms in total. The molecule has 0 radical (unpaired) electrons. The van der Waals surface area contributed by atoms with E-state index in [0.717, 1.165) is 53.1 Å². The fourth-order valence-electron chi connectivity index (χ4n) is 3.92. The Morgan fingerprint density at radius 3 is 2.42 bits per heavy atom. The van der Waals surface area contributed by atoms with Crippen LogP contribution in [0, 0.1) is 5.82 Å². The molecule has 0 amide bonds. The Morgan fingerprint density at radius 1 is 1.06 bits per heavy atom. The highest BCUT2D eigenvalue weighted by molar-refractivity contribution is 5.98. The Labute approximate surface area is 198 Å². The Balaban J connectivity index is 0.00000187. The molecule has 2 heterocycles. The van der Waals surface area contributed by atoms with Crippen LogP contribution in [0.4, 0.5) is 4.39 Å². The molecule has 0 aliphatic carbocycles. The molecular weight excluding hydrogens is 413 g/mol. The van der Waals surface area contributed by atoms with Gasteiger partial charge in [0.05, 0.1) is 6.54 Å². The van der Waals surface area contributed by atoms with E-state index in [2.05, 4.69) is 47.1 Å². The maximum Gasteiger partial charge on any atom is 0.160 e. The van der Waals surface area contributed by atoms with E-state index in [0.29, 0.717) is 6.54 Å². The normalized spacial score (nSPS) is 11.5. The summed E-state index contributed by atoms with van der Waals surface area (Å²) in [5.74, 6) is 0.680. The van der Waals surface area contributed by atoms with Crippen LogP contribution in [0.25, 0.3) is 16.8 Å². The SMILES string of the molecule is CC.CN=C(C)C(CCCc1cc(F)ccc1-c1ccc2nnc(CN(C)C)n2c1)=C(C)C. The molecule has 0 atom stereocenters. The number of rotatable bonds is 8. The van der Waals surface area contributed by atoms with Crippen molar-refractivity contribution in [1.29, 1.82) is 0 Å². The topological polar surface area (TPSA) is 45.8 Å². The number of halogens is 1. The van der Waals surface area contributed by atoms with E-state index in [1.54, 1.807) is 6.07 Å². The molecule has 0 aliphatic rings. The van der Waals surface area contributed by atoms with Crippen LogP contribution in [0.15, 0.2) is 52.7 Å². The first-order valence-electron chi connectivity index (χ1n) is 11.7. The van der Waals surface area contributed by atoms with Gasteiger partial charge in [-0.15, -0.1) is 10.2 Å². The molecule has 0 N–H and O–H groups in total. The van der Waals surface area contributed by atoms with Crippen molar-refractivity contribution < 1.29 is 4.39 Å². The molecule has 0 unspecified atom stereocenters. The van der Waals surface area contributed by atoms with Gasteiger partial charge in [-0.1, -0.05) is 25.5 Å². The summed E-state index contributed by atoms with van der Waals surface area (Å²) in [7, 11) is 5.85. The molecule has 3 aromatic rings. The summed E-state index contributed by atoms with van der Waals surface area (Å²) in [6.07, 6.45) is 4.72. The van der Waals surface area contributed by atoms with Crippen molar-refractivity contribution in [3.05, 3.63) is 64.9 Å². The molecule has 1 aromatic carbocycles. The molecule has 0 bridgehead atoms. The number of benzene rings is 1. The van der Waals surface area contributed by atoms with Crippen LogP contribution >= 0.6 is 0 Å². The molecular formula is C27H38FN5. The van der Waals surface area contributed by atoms with Crippen LogP contribution in [-0.2, 0) is 13.0 Å². The average molecular weight is 452 g/mol. The van der Waals surface area contributed by atoms with Crippen molar-refractivity contribution in [3.63, 3.8) is 0 Å². The fourth-order valence-corrected chi connectivity index (χ4v) is 3.92. The van der Waals surface area contributed by atoms with Gasteiger partial charge in [0.1, 0.15) is 5.82 Å². The van der Waals surface area contributed by atoms with Gasteiger partial charge in [-0.05, 0) is 101 Å². The standard InChI is InChI=1S/C25H32FN5.C2H6/c1-17(2)22(18(3)27-4)9-7-8-19-14-21(26)11-12-23(19)20-10-13-24-28-29-25(16-30(5)6)31(24)15-20;1-2/h10-15H,7-9,16H2,1-6H3;1-2H3. The second kappa shape index (κ2) is 12.4. The van der Waals surface area contributed by atoms with E-state index >= 15 is 0 Å². The highest BCUT2D eigenvalue weighted by Gasteiger charge is 2.12. The van der Waals surface area contributed by atoms with Gasteiger partial charge in [0.2, 0.25) is 0 Å². The zero-order valence-corrected chi connectivity index (χ0v) is 21.4. The lowest BCUT2D eigenvalue weighted by Gasteiger charge is -2.13. The monoisotopic (exact) mass is 451 g/mol. The van der Waals surface area contributed by atoms with Gasteiger partial charge in [0, 0.05) is 19.0 Å². The number of aromatic nitrogens is 3. The summed E-state index contributed by atoms with van der Waals surface area (Å²) in [6.45, 7) is 11.0. The third-order valence-corrected chi connectivity index (χ3v) is 5.56. The first kappa shape index (κ1) is 26.4. The molecule has 2 aromatic heterocycles. The van der Waals surface area contributed by atoms with Crippen LogP contribution in [0.2, 0.25) is 0 Å². The number of nitrogens with zero attached hydrogens (tertiary/aromatic N) is 5. The largest absolute Gasteiger partial charge is 0.302 e. The lowest BCUT2D eigenvalue weighted by molar-refractivity contribution is 0.388. The molecule has 0 saturated carbocycles. The van der Waals surface area contributed by atoms with Crippen LogP contribution in [0.5, 0.6) is 0 Å². The smallest absolute Gasteiger partial charge is 0.160 e. The van der Waals surface area contributed by atoms with Crippen LogP contribution in [0.3, 0.4) is 0 Å². The van der Waals surface area contributed by atoms with E-state index in [4.69, 9.17) is 0 Å². The Kier molecular flexibility index (Phi) is 9.92. The molecule has 0 aliphatic heterocycles. The van der Waals surface area contributed by atoms with Crippen molar-refractivity contribution in [1.82, 2.24) is 19.5 Å². The van der Waals surface area contributed by atoms with Crippen LogP contribution < -0.4 is 0 Å². The van der Waals surface area contributed by atoms with Gasteiger partial charge in [-0.2, -0.15) is 0 Å². The minimum absolute atomic E-state index is 0.203. The Hall–Kier alpha value is -2.86. The minimum Gasteiger partial charge on any atom is -0.302 e. The summed E-state index contributed by atoms with van der Waals surface area (Å²) in [5, 5.41) is 8.57. The second-order valence-electron chi connectivity index (χ2n) is 8.44. The van der Waals surface area contributed by atoms with Gasteiger partial charge in [0.25, 0.3) is 0 Å². The number of aliphatic imine (C=N–C) groups is 1.